The van der Waals surface area contributed by atoms with Gasteiger partial charge in [-0.15, -0.1) is 11.3 Å². The molecule has 1 atom stereocenters. The summed E-state index contributed by atoms with van der Waals surface area (Å²) in [5.41, 5.74) is 2.55. The lowest BCUT2D eigenvalue weighted by Crippen LogP contribution is -2.45. The van der Waals surface area contributed by atoms with E-state index in [-0.39, 0.29) is 11.8 Å². The van der Waals surface area contributed by atoms with Crippen LogP contribution >= 0.6 is 11.3 Å². The number of carbonyl (C=O) groups is 2. The van der Waals surface area contributed by atoms with Gasteiger partial charge in [0.05, 0.1) is 16.8 Å². The molecule has 3 N–H and O–H groups in total. The van der Waals surface area contributed by atoms with E-state index in [0.717, 1.165) is 16.5 Å². The van der Waals surface area contributed by atoms with E-state index in [4.69, 9.17) is 0 Å². The van der Waals surface area contributed by atoms with Crippen molar-refractivity contribution in [3.63, 3.8) is 0 Å². The summed E-state index contributed by atoms with van der Waals surface area (Å²) >= 11 is 1.34. The van der Waals surface area contributed by atoms with Gasteiger partial charge in [-0.1, -0.05) is 24.3 Å². The summed E-state index contributed by atoms with van der Waals surface area (Å²) in [6, 6.07) is 14.2. The molecule has 0 fully saturated rings. The molecule has 3 aromatic heterocycles. The van der Waals surface area contributed by atoms with Gasteiger partial charge in [-0.05, 0) is 35.2 Å². The van der Waals surface area contributed by atoms with Crippen LogP contribution < -0.4 is 10.6 Å². The fourth-order valence-electron chi connectivity index (χ4n) is 3.03. The summed E-state index contributed by atoms with van der Waals surface area (Å²) in [6.07, 6.45) is 5.46. The first kappa shape index (κ1) is 17.9. The number of para-hydroxylation sites is 1. The average molecular weight is 390 g/mol. The number of H-pyrrole nitrogens is 1. The van der Waals surface area contributed by atoms with Gasteiger partial charge in [0.25, 0.3) is 5.91 Å². The number of carbonyl (C=O) groups excluding carboxylic acids is 2. The molecule has 0 saturated heterocycles. The van der Waals surface area contributed by atoms with Gasteiger partial charge in [-0.3, -0.25) is 14.6 Å². The van der Waals surface area contributed by atoms with Crippen LogP contribution in [0.15, 0.2) is 72.5 Å². The van der Waals surface area contributed by atoms with Crippen molar-refractivity contribution in [3.8, 4) is 0 Å². The monoisotopic (exact) mass is 390 g/mol. The van der Waals surface area contributed by atoms with Crippen LogP contribution in [0.1, 0.15) is 15.2 Å². The van der Waals surface area contributed by atoms with Gasteiger partial charge in [0.15, 0.2) is 0 Å². The van der Waals surface area contributed by atoms with Gasteiger partial charge < -0.3 is 15.6 Å². The third kappa shape index (κ3) is 3.94. The zero-order valence-electron chi connectivity index (χ0n) is 14.9. The highest BCUT2D eigenvalue weighted by molar-refractivity contribution is 7.12. The van der Waals surface area contributed by atoms with Gasteiger partial charge in [-0.25, -0.2) is 0 Å². The molecular weight excluding hydrogens is 372 g/mol. The van der Waals surface area contributed by atoms with Crippen molar-refractivity contribution in [2.24, 2.45) is 0 Å². The number of amides is 2. The van der Waals surface area contributed by atoms with Crippen molar-refractivity contribution in [2.75, 3.05) is 5.32 Å². The molecule has 3 heterocycles. The van der Waals surface area contributed by atoms with Gasteiger partial charge >= 0.3 is 0 Å². The lowest BCUT2D eigenvalue weighted by Gasteiger charge is -2.18. The lowest BCUT2D eigenvalue weighted by atomic mass is 10.0. The second-order valence-electron chi connectivity index (χ2n) is 6.30. The fraction of sp³-hybridized carbons (Fsp3) is 0.0952. The minimum atomic E-state index is -0.728. The van der Waals surface area contributed by atoms with Crippen LogP contribution in [-0.2, 0) is 11.2 Å². The number of anilines is 1. The normalized spacial score (nSPS) is 11.9. The maximum Gasteiger partial charge on any atom is 0.262 e. The molecule has 0 radical (unpaired) electrons. The van der Waals surface area contributed by atoms with E-state index in [9.17, 15) is 9.59 Å². The Morgan fingerprint density at radius 1 is 1.11 bits per heavy atom. The predicted molar refractivity (Wildman–Crippen MR) is 110 cm³/mol. The zero-order chi connectivity index (χ0) is 19.3. The Labute approximate surface area is 165 Å². The number of fused-ring (bicyclic) bond motifs is 1. The molecule has 140 valence electrons. The molecular formula is C21H18N4O2S. The van der Waals surface area contributed by atoms with Crippen molar-refractivity contribution in [1.82, 2.24) is 15.3 Å². The Hall–Kier alpha value is -3.45. The summed E-state index contributed by atoms with van der Waals surface area (Å²) in [6.45, 7) is 0. The first-order chi connectivity index (χ1) is 13.7. The largest absolute Gasteiger partial charge is 0.361 e. The Morgan fingerprint density at radius 3 is 2.79 bits per heavy atom. The number of nitrogens with one attached hydrogen (secondary N) is 3. The standard InChI is InChI=1S/C21H18N4O2S/c26-20(24-15-5-3-9-22-13-15)18(25-21(27)19-8-4-10-28-19)11-14-12-23-17-7-2-1-6-16(14)17/h1-10,12-13,18,23H,11H2,(H,24,26)(H,25,27)/t18-/m0/s1. The molecule has 0 spiro atoms. The SMILES string of the molecule is O=C(N[C@@H](Cc1c[nH]c2ccccc12)C(=O)Nc1cccnc1)c1cccs1. The average Bonchev–Trinajstić information content (AvgIpc) is 3.39. The number of aromatic amines is 1. The van der Waals surface area contributed by atoms with Crippen LogP contribution in [0, 0.1) is 0 Å². The van der Waals surface area contributed by atoms with E-state index < -0.39 is 6.04 Å². The van der Waals surface area contributed by atoms with Crippen molar-refractivity contribution in [1.29, 1.82) is 0 Å². The Bertz CT molecular complexity index is 1090. The van der Waals surface area contributed by atoms with Crippen LogP contribution in [0.3, 0.4) is 0 Å². The van der Waals surface area contributed by atoms with E-state index in [1.807, 2.05) is 41.9 Å². The van der Waals surface area contributed by atoms with Gasteiger partial charge in [0.2, 0.25) is 5.91 Å². The Morgan fingerprint density at radius 2 is 2.00 bits per heavy atom. The molecule has 0 aliphatic carbocycles. The first-order valence-corrected chi connectivity index (χ1v) is 9.69. The minimum Gasteiger partial charge on any atom is -0.361 e. The van der Waals surface area contributed by atoms with Gasteiger partial charge in [-0.2, -0.15) is 0 Å². The van der Waals surface area contributed by atoms with Gasteiger partial charge in [0, 0.05) is 29.7 Å². The number of nitrogens with zero attached hydrogens (tertiary/aromatic N) is 1. The summed E-state index contributed by atoms with van der Waals surface area (Å²) in [7, 11) is 0. The molecule has 2 amide bonds. The molecule has 0 aliphatic rings. The number of hydrogen-bond donors (Lipinski definition) is 3. The smallest absolute Gasteiger partial charge is 0.262 e. The number of aromatic nitrogens is 2. The third-order valence-corrected chi connectivity index (χ3v) is 5.26. The predicted octanol–water partition coefficient (Wildman–Crippen LogP) is 3.60. The van der Waals surface area contributed by atoms with E-state index >= 15 is 0 Å². The molecule has 4 rings (SSSR count). The molecule has 4 aromatic rings. The van der Waals surface area contributed by atoms with Crippen molar-refractivity contribution in [2.45, 2.75) is 12.5 Å². The quantitative estimate of drug-likeness (QED) is 0.470. The second-order valence-corrected chi connectivity index (χ2v) is 7.25. The minimum absolute atomic E-state index is 0.263. The van der Waals surface area contributed by atoms with Crippen LogP contribution in [-0.4, -0.2) is 27.8 Å². The van der Waals surface area contributed by atoms with Crippen LogP contribution in [0.4, 0.5) is 5.69 Å². The summed E-state index contributed by atoms with van der Waals surface area (Å²) in [5, 5.41) is 8.56. The Kier molecular flexibility index (Phi) is 5.16. The maximum absolute atomic E-state index is 12.9. The topological polar surface area (TPSA) is 86.9 Å². The molecule has 7 heteroatoms. The molecule has 0 unspecified atom stereocenters. The lowest BCUT2D eigenvalue weighted by molar-refractivity contribution is -0.118. The second kappa shape index (κ2) is 8.06. The fourth-order valence-corrected chi connectivity index (χ4v) is 3.66. The van der Waals surface area contributed by atoms with Crippen LogP contribution in [0.5, 0.6) is 0 Å². The highest BCUT2D eigenvalue weighted by atomic mass is 32.1. The molecule has 1 aromatic carbocycles. The zero-order valence-corrected chi connectivity index (χ0v) is 15.7. The highest BCUT2D eigenvalue weighted by Crippen LogP contribution is 2.20. The Balaban J connectivity index is 1.58. The maximum atomic E-state index is 12.9. The highest BCUT2D eigenvalue weighted by Gasteiger charge is 2.23. The number of rotatable bonds is 6. The number of hydrogen-bond acceptors (Lipinski definition) is 4. The van der Waals surface area contributed by atoms with Crippen molar-refractivity contribution in [3.05, 3.63) is 82.9 Å². The van der Waals surface area contributed by atoms with Crippen LogP contribution in [0.25, 0.3) is 10.9 Å². The van der Waals surface area contributed by atoms with E-state index in [0.29, 0.717) is 17.0 Å². The number of thiophene rings is 1. The van der Waals surface area contributed by atoms with E-state index in [2.05, 4.69) is 20.6 Å². The van der Waals surface area contributed by atoms with Crippen LogP contribution in [0.2, 0.25) is 0 Å². The van der Waals surface area contributed by atoms with Gasteiger partial charge in [0.1, 0.15) is 6.04 Å². The van der Waals surface area contributed by atoms with Crippen molar-refractivity contribution >= 4 is 39.7 Å². The summed E-state index contributed by atoms with van der Waals surface area (Å²) in [5.74, 6) is -0.552. The van der Waals surface area contributed by atoms with E-state index in [1.165, 1.54) is 11.3 Å². The van der Waals surface area contributed by atoms with Crippen molar-refractivity contribution < 1.29 is 9.59 Å². The summed E-state index contributed by atoms with van der Waals surface area (Å²) < 4.78 is 0. The first-order valence-electron chi connectivity index (χ1n) is 8.81. The summed E-state index contributed by atoms with van der Waals surface area (Å²) in [4.78, 5) is 33.3. The molecule has 28 heavy (non-hydrogen) atoms. The van der Waals surface area contributed by atoms with E-state index in [1.54, 1.807) is 30.6 Å². The third-order valence-electron chi connectivity index (χ3n) is 4.39. The molecule has 6 nitrogen and oxygen atoms in total. The number of benzene rings is 1. The molecule has 0 bridgehead atoms. The molecule has 0 aliphatic heterocycles. The molecule has 0 saturated carbocycles. The number of pyridine rings is 1.